The molecule has 1 rings (SSSR count). The maximum Gasteiger partial charge on any atom is 0.191 e. The molecular weight excluding hydrogens is 350 g/mol. The summed E-state index contributed by atoms with van der Waals surface area (Å²) in [5.74, 6) is 0.875. The Bertz CT molecular complexity index is 562. The molecule has 6 heteroatoms. The van der Waals surface area contributed by atoms with Gasteiger partial charge in [-0.05, 0) is 52.4 Å². The summed E-state index contributed by atoms with van der Waals surface area (Å²) in [6.45, 7) is 12.7. The van der Waals surface area contributed by atoms with E-state index in [0.717, 1.165) is 51.7 Å². The SMILES string of the molecule is CCNC(=NCc1ccccc1CN(C)C(C)C)NCCN(C)CCCOC. The minimum atomic E-state index is 0.524. The lowest BCUT2D eigenvalue weighted by molar-refractivity contribution is 0.180. The number of guanidine groups is 1. The quantitative estimate of drug-likeness (QED) is 0.307. The van der Waals surface area contributed by atoms with E-state index in [0.29, 0.717) is 12.6 Å². The topological polar surface area (TPSA) is 52.1 Å². The fourth-order valence-electron chi connectivity index (χ4n) is 2.78. The Hall–Kier alpha value is -1.63. The molecule has 0 unspecified atom stereocenters. The standard InChI is InChI=1S/C22H41N5O/c1-7-23-22(24-13-15-26(4)14-10-16-28-6)25-17-20-11-8-9-12-21(20)18-27(5)19(2)3/h8-9,11-12,19H,7,10,13-18H2,1-6H3,(H2,23,24,25). The van der Waals surface area contributed by atoms with Crippen molar-refractivity contribution in [2.24, 2.45) is 4.99 Å². The number of nitrogens with one attached hydrogen (secondary N) is 2. The Balaban J connectivity index is 2.60. The molecule has 1 aromatic carbocycles. The Morgan fingerprint density at radius 1 is 1.11 bits per heavy atom. The number of benzene rings is 1. The maximum absolute atomic E-state index is 5.11. The number of rotatable bonds is 13. The van der Waals surface area contributed by atoms with Gasteiger partial charge in [0.25, 0.3) is 0 Å². The number of nitrogens with zero attached hydrogens (tertiary/aromatic N) is 3. The highest BCUT2D eigenvalue weighted by Crippen LogP contribution is 2.13. The molecule has 0 bridgehead atoms. The van der Waals surface area contributed by atoms with E-state index in [9.17, 15) is 0 Å². The average Bonchev–Trinajstić information content (AvgIpc) is 2.67. The molecule has 0 aromatic heterocycles. The Morgan fingerprint density at radius 3 is 2.46 bits per heavy atom. The van der Waals surface area contributed by atoms with Crippen LogP contribution in [0.3, 0.4) is 0 Å². The molecule has 0 amide bonds. The molecule has 28 heavy (non-hydrogen) atoms. The van der Waals surface area contributed by atoms with Crippen molar-refractivity contribution in [3.63, 3.8) is 0 Å². The van der Waals surface area contributed by atoms with Crippen molar-refractivity contribution in [3.8, 4) is 0 Å². The number of aliphatic imine (C=N–C) groups is 1. The van der Waals surface area contributed by atoms with Crippen molar-refractivity contribution in [1.29, 1.82) is 0 Å². The molecule has 0 radical (unpaired) electrons. The van der Waals surface area contributed by atoms with E-state index in [1.807, 2.05) is 0 Å². The van der Waals surface area contributed by atoms with Crippen LogP contribution in [0.2, 0.25) is 0 Å². The highest BCUT2D eigenvalue weighted by Gasteiger charge is 2.08. The number of hydrogen-bond donors (Lipinski definition) is 2. The molecule has 0 heterocycles. The molecule has 1 aromatic rings. The zero-order valence-electron chi connectivity index (χ0n) is 18.8. The third-order valence-corrected chi connectivity index (χ3v) is 4.85. The van der Waals surface area contributed by atoms with Crippen LogP contribution in [0.15, 0.2) is 29.3 Å². The molecule has 0 aliphatic rings. The van der Waals surface area contributed by atoms with Crippen LogP contribution in [-0.4, -0.2) is 75.8 Å². The van der Waals surface area contributed by atoms with Crippen LogP contribution in [0.1, 0.15) is 38.3 Å². The van der Waals surface area contributed by atoms with E-state index >= 15 is 0 Å². The second kappa shape index (κ2) is 14.4. The van der Waals surface area contributed by atoms with Crippen LogP contribution < -0.4 is 10.6 Å². The normalized spacial score (nSPS) is 12.2. The Labute approximate surface area is 172 Å². The lowest BCUT2D eigenvalue weighted by atomic mass is 10.1. The second-order valence-electron chi connectivity index (χ2n) is 7.55. The first-order valence-electron chi connectivity index (χ1n) is 10.4. The monoisotopic (exact) mass is 391 g/mol. The van der Waals surface area contributed by atoms with E-state index < -0.39 is 0 Å². The zero-order valence-corrected chi connectivity index (χ0v) is 18.8. The van der Waals surface area contributed by atoms with Crippen LogP contribution >= 0.6 is 0 Å². The summed E-state index contributed by atoms with van der Waals surface area (Å²) in [6, 6.07) is 9.12. The Kier molecular flexibility index (Phi) is 12.5. The van der Waals surface area contributed by atoms with Crippen molar-refractivity contribution in [1.82, 2.24) is 20.4 Å². The van der Waals surface area contributed by atoms with Gasteiger partial charge in [0.1, 0.15) is 0 Å². The van der Waals surface area contributed by atoms with Crippen LogP contribution in [0.25, 0.3) is 0 Å². The number of methoxy groups -OCH3 is 1. The zero-order chi connectivity index (χ0) is 20.8. The van der Waals surface area contributed by atoms with Crippen molar-refractivity contribution < 1.29 is 4.74 Å². The van der Waals surface area contributed by atoms with Gasteiger partial charge in [-0.1, -0.05) is 24.3 Å². The van der Waals surface area contributed by atoms with Crippen molar-refractivity contribution in [2.45, 2.75) is 46.3 Å². The highest BCUT2D eigenvalue weighted by atomic mass is 16.5. The predicted octanol–water partition coefficient (Wildman–Crippen LogP) is 2.55. The molecule has 6 nitrogen and oxygen atoms in total. The summed E-state index contributed by atoms with van der Waals surface area (Å²) in [7, 11) is 6.06. The van der Waals surface area contributed by atoms with Crippen LogP contribution in [0.4, 0.5) is 0 Å². The summed E-state index contributed by atoms with van der Waals surface area (Å²) in [4.78, 5) is 9.47. The van der Waals surface area contributed by atoms with Gasteiger partial charge in [0.15, 0.2) is 5.96 Å². The van der Waals surface area contributed by atoms with Gasteiger partial charge in [-0.25, -0.2) is 4.99 Å². The molecule has 0 aliphatic heterocycles. The average molecular weight is 392 g/mol. The van der Waals surface area contributed by atoms with Gasteiger partial charge >= 0.3 is 0 Å². The molecule has 160 valence electrons. The predicted molar refractivity (Wildman–Crippen MR) is 120 cm³/mol. The fourth-order valence-corrected chi connectivity index (χ4v) is 2.78. The fraction of sp³-hybridized carbons (Fsp3) is 0.682. The number of hydrogen-bond acceptors (Lipinski definition) is 4. The molecule has 0 saturated heterocycles. The maximum atomic E-state index is 5.11. The van der Waals surface area contributed by atoms with Crippen LogP contribution in [0.5, 0.6) is 0 Å². The molecular formula is C22H41N5O. The van der Waals surface area contributed by atoms with Gasteiger partial charge < -0.3 is 20.3 Å². The van der Waals surface area contributed by atoms with Gasteiger partial charge in [0, 0.05) is 52.5 Å². The van der Waals surface area contributed by atoms with Crippen LogP contribution in [0, 0.1) is 0 Å². The van der Waals surface area contributed by atoms with Gasteiger partial charge in [-0.15, -0.1) is 0 Å². The minimum Gasteiger partial charge on any atom is -0.385 e. The first-order valence-corrected chi connectivity index (χ1v) is 10.4. The second-order valence-corrected chi connectivity index (χ2v) is 7.55. The first-order chi connectivity index (χ1) is 13.5. The molecule has 0 atom stereocenters. The van der Waals surface area contributed by atoms with E-state index in [1.165, 1.54) is 11.1 Å². The van der Waals surface area contributed by atoms with Crippen molar-refractivity contribution in [3.05, 3.63) is 35.4 Å². The summed E-state index contributed by atoms with van der Waals surface area (Å²) < 4.78 is 5.11. The lowest BCUT2D eigenvalue weighted by Gasteiger charge is -2.22. The first kappa shape index (κ1) is 24.4. The smallest absolute Gasteiger partial charge is 0.191 e. The molecule has 0 fully saturated rings. The summed E-state index contributed by atoms with van der Waals surface area (Å²) in [5.41, 5.74) is 2.63. The molecule has 2 N–H and O–H groups in total. The summed E-state index contributed by atoms with van der Waals surface area (Å²) >= 11 is 0. The van der Waals surface area contributed by atoms with Gasteiger partial charge in [-0.2, -0.15) is 0 Å². The number of ether oxygens (including phenoxy) is 1. The largest absolute Gasteiger partial charge is 0.385 e. The van der Waals surface area contributed by atoms with Crippen molar-refractivity contribution >= 4 is 5.96 Å². The minimum absolute atomic E-state index is 0.524. The van der Waals surface area contributed by atoms with Gasteiger partial charge in [0.2, 0.25) is 0 Å². The van der Waals surface area contributed by atoms with E-state index in [2.05, 4.69) is 79.6 Å². The van der Waals surface area contributed by atoms with E-state index in [-0.39, 0.29) is 0 Å². The van der Waals surface area contributed by atoms with Crippen molar-refractivity contribution in [2.75, 3.05) is 54.0 Å². The molecule has 0 saturated carbocycles. The Morgan fingerprint density at radius 2 is 1.82 bits per heavy atom. The number of likely N-dealkylation sites (N-methyl/N-ethyl adjacent to an activating group) is 1. The van der Waals surface area contributed by atoms with E-state index in [4.69, 9.17) is 9.73 Å². The summed E-state index contributed by atoms with van der Waals surface area (Å²) in [5, 5.41) is 6.79. The molecule has 0 spiro atoms. The third-order valence-electron chi connectivity index (χ3n) is 4.85. The van der Waals surface area contributed by atoms with Crippen LogP contribution in [-0.2, 0) is 17.8 Å². The highest BCUT2D eigenvalue weighted by molar-refractivity contribution is 5.79. The van der Waals surface area contributed by atoms with E-state index in [1.54, 1.807) is 7.11 Å². The summed E-state index contributed by atoms with van der Waals surface area (Å²) in [6.07, 6.45) is 1.06. The van der Waals surface area contributed by atoms with Gasteiger partial charge in [0.05, 0.1) is 6.54 Å². The third kappa shape index (κ3) is 10.1. The molecule has 0 aliphatic carbocycles. The van der Waals surface area contributed by atoms with Gasteiger partial charge in [-0.3, -0.25) is 4.90 Å². The lowest BCUT2D eigenvalue weighted by Crippen LogP contribution is -2.41.